The molecule has 0 radical (unpaired) electrons. The lowest BCUT2D eigenvalue weighted by atomic mass is 9.84. The van der Waals surface area contributed by atoms with Crippen molar-refractivity contribution in [1.29, 1.82) is 0 Å². The molecule has 0 amide bonds. The summed E-state index contributed by atoms with van der Waals surface area (Å²) in [6.45, 7) is 4.04. The normalized spacial score (nSPS) is 27.2. The zero-order valence-corrected chi connectivity index (χ0v) is 13.4. The van der Waals surface area contributed by atoms with Crippen LogP contribution in [0.2, 0.25) is 0 Å². The molecule has 2 aromatic rings. The van der Waals surface area contributed by atoms with E-state index < -0.39 is 0 Å². The van der Waals surface area contributed by atoms with Crippen molar-refractivity contribution in [3.8, 4) is 0 Å². The minimum Gasteiger partial charge on any atom is -0.355 e. The molecule has 2 unspecified atom stereocenters. The molecule has 4 rings (SSSR count). The van der Waals surface area contributed by atoms with E-state index in [0.29, 0.717) is 6.54 Å². The summed E-state index contributed by atoms with van der Waals surface area (Å²) in [5, 5.41) is 2.08. The molecular formula is C15H23N5S. The number of nitrogens with zero attached hydrogens (tertiary/aromatic N) is 4. The van der Waals surface area contributed by atoms with Gasteiger partial charge in [0.2, 0.25) is 0 Å². The van der Waals surface area contributed by atoms with Crippen LogP contribution in [0.1, 0.15) is 25.0 Å². The van der Waals surface area contributed by atoms with Gasteiger partial charge in [0.05, 0.1) is 5.69 Å². The van der Waals surface area contributed by atoms with Crippen molar-refractivity contribution >= 4 is 22.1 Å². The average molecular weight is 305 g/mol. The van der Waals surface area contributed by atoms with Gasteiger partial charge in [0.1, 0.15) is 0 Å². The second-order valence-corrected chi connectivity index (χ2v) is 7.20. The Morgan fingerprint density at radius 2 is 2.29 bits per heavy atom. The van der Waals surface area contributed by atoms with Gasteiger partial charge in [-0.25, -0.2) is 4.98 Å². The van der Waals surface area contributed by atoms with Crippen molar-refractivity contribution in [1.82, 2.24) is 14.3 Å². The van der Waals surface area contributed by atoms with Gasteiger partial charge in [-0.1, -0.05) is 0 Å². The predicted octanol–water partition coefficient (Wildman–Crippen LogP) is 1.77. The highest BCUT2D eigenvalue weighted by atomic mass is 32.1. The molecule has 0 aromatic carbocycles. The Balaban J connectivity index is 1.62. The fraction of sp³-hybridized carbons (Fsp3) is 0.667. The molecule has 2 fully saturated rings. The summed E-state index contributed by atoms with van der Waals surface area (Å²) >= 11 is 1.69. The summed E-state index contributed by atoms with van der Waals surface area (Å²) in [6, 6.07) is 0.764. The van der Waals surface area contributed by atoms with Gasteiger partial charge in [-0.15, -0.1) is 11.3 Å². The number of fused-ring (bicyclic) bond motifs is 2. The van der Waals surface area contributed by atoms with Gasteiger partial charge in [-0.3, -0.25) is 4.40 Å². The highest BCUT2D eigenvalue weighted by Gasteiger charge is 2.35. The summed E-state index contributed by atoms with van der Waals surface area (Å²) in [7, 11) is 2.28. The second kappa shape index (κ2) is 5.26. The van der Waals surface area contributed by atoms with E-state index in [9.17, 15) is 0 Å². The number of hydrogen-bond donors (Lipinski definition) is 1. The minimum absolute atomic E-state index is 0.553. The number of nitrogens with two attached hydrogens (primary N) is 1. The lowest BCUT2D eigenvalue weighted by molar-refractivity contribution is 0.102. The Labute approximate surface area is 129 Å². The molecule has 5 nitrogen and oxygen atoms in total. The van der Waals surface area contributed by atoms with Crippen LogP contribution in [0.25, 0.3) is 4.96 Å². The number of aromatic nitrogens is 2. The Kier molecular flexibility index (Phi) is 3.40. The molecule has 2 aliphatic rings. The van der Waals surface area contributed by atoms with Crippen LogP contribution < -0.4 is 10.6 Å². The molecule has 6 heteroatoms. The van der Waals surface area contributed by atoms with E-state index in [0.717, 1.165) is 41.5 Å². The van der Waals surface area contributed by atoms with Gasteiger partial charge in [-0.2, -0.15) is 0 Å². The lowest BCUT2D eigenvalue weighted by Gasteiger charge is -2.46. The molecule has 0 spiro atoms. The zero-order valence-electron chi connectivity index (χ0n) is 12.5. The number of piperidine rings is 2. The van der Waals surface area contributed by atoms with E-state index in [1.807, 2.05) is 0 Å². The SMILES string of the molecule is CN1CCCC2CN(c3nc4sccn4c3CN)CCC21. The summed E-state index contributed by atoms with van der Waals surface area (Å²) in [5.41, 5.74) is 7.15. The quantitative estimate of drug-likeness (QED) is 0.919. The first-order valence-corrected chi connectivity index (χ1v) is 8.75. The topological polar surface area (TPSA) is 49.8 Å². The maximum Gasteiger partial charge on any atom is 0.195 e. The van der Waals surface area contributed by atoms with E-state index in [4.69, 9.17) is 10.7 Å². The van der Waals surface area contributed by atoms with Gasteiger partial charge in [0, 0.05) is 37.3 Å². The van der Waals surface area contributed by atoms with Gasteiger partial charge < -0.3 is 15.5 Å². The van der Waals surface area contributed by atoms with Crippen molar-refractivity contribution in [2.24, 2.45) is 11.7 Å². The van der Waals surface area contributed by atoms with Crippen LogP contribution in [-0.2, 0) is 6.54 Å². The van der Waals surface area contributed by atoms with E-state index >= 15 is 0 Å². The number of imidazole rings is 1. The molecule has 4 heterocycles. The largest absolute Gasteiger partial charge is 0.355 e. The number of anilines is 1. The Morgan fingerprint density at radius 1 is 1.38 bits per heavy atom. The fourth-order valence-electron chi connectivity index (χ4n) is 4.11. The molecule has 21 heavy (non-hydrogen) atoms. The molecule has 0 saturated carbocycles. The number of rotatable bonds is 2. The molecule has 2 saturated heterocycles. The second-order valence-electron chi connectivity index (χ2n) is 6.33. The Bertz CT molecular complexity index is 633. The van der Waals surface area contributed by atoms with Crippen LogP contribution in [0.4, 0.5) is 5.82 Å². The van der Waals surface area contributed by atoms with Gasteiger partial charge in [0.25, 0.3) is 0 Å². The first-order chi connectivity index (χ1) is 10.3. The molecule has 0 bridgehead atoms. The standard InChI is InChI=1S/C15H23N5S/c1-18-5-2-3-11-10-19(6-4-12(11)18)14-13(9-16)20-7-8-21-15(20)17-14/h7-8,11-12H,2-6,9-10,16H2,1H3. The molecule has 0 aliphatic carbocycles. The molecular weight excluding hydrogens is 282 g/mol. The van der Waals surface area contributed by atoms with Crippen molar-refractivity contribution < 1.29 is 0 Å². The van der Waals surface area contributed by atoms with E-state index in [2.05, 4.69) is 32.8 Å². The van der Waals surface area contributed by atoms with Crippen LogP contribution >= 0.6 is 11.3 Å². The monoisotopic (exact) mass is 305 g/mol. The molecule has 2 aromatic heterocycles. The van der Waals surface area contributed by atoms with Crippen molar-refractivity contribution in [3.05, 3.63) is 17.3 Å². The Hall–Kier alpha value is -1.11. The third-order valence-electron chi connectivity index (χ3n) is 5.18. The number of thiazole rings is 1. The highest BCUT2D eigenvalue weighted by molar-refractivity contribution is 7.15. The third kappa shape index (κ3) is 2.17. The molecule has 2 N–H and O–H groups in total. The van der Waals surface area contributed by atoms with Crippen LogP contribution in [-0.4, -0.2) is 47.0 Å². The Morgan fingerprint density at radius 3 is 3.14 bits per heavy atom. The summed E-state index contributed by atoms with van der Waals surface area (Å²) in [4.78, 5) is 10.9. The van der Waals surface area contributed by atoms with Gasteiger partial charge >= 0.3 is 0 Å². The average Bonchev–Trinajstić information content (AvgIpc) is 3.07. The van der Waals surface area contributed by atoms with Crippen LogP contribution in [0.5, 0.6) is 0 Å². The maximum absolute atomic E-state index is 5.99. The number of likely N-dealkylation sites (tertiary alicyclic amines) is 1. The van der Waals surface area contributed by atoms with E-state index in [1.54, 1.807) is 11.3 Å². The molecule has 2 atom stereocenters. The van der Waals surface area contributed by atoms with Crippen LogP contribution in [0.3, 0.4) is 0 Å². The smallest absolute Gasteiger partial charge is 0.195 e. The molecule has 2 aliphatic heterocycles. The third-order valence-corrected chi connectivity index (χ3v) is 5.94. The van der Waals surface area contributed by atoms with E-state index in [-0.39, 0.29) is 0 Å². The van der Waals surface area contributed by atoms with Gasteiger partial charge in [0.15, 0.2) is 10.8 Å². The van der Waals surface area contributed by atoms with Gasteiger partial charge in [-0.05, 0) is 38.8 Å². The maximum atomic E-state index is 5.99. The first kappa shape index (κ1) is 13.5. The summed E-state index contributed by atoms with van der Waals surface area (Å²) < 4.78 is 2.15. The minimum atomic E-state index is 0.553. The number of hydrogen-bond acceptors (Lipinski definition) is 5. The van der Waals surface area contributed by atoms with Crippen molar-refractivity contribution in [2.45, 2.75) is 31.8 Å². The predicted molar refractivity (Wildman–Crippen MR) is 86.9 cm³/mol. The van der Waals surface area contributed by atoms with Crippen molar-refractivity contribution in [3.63, 3.8) is 0 Å². The fourth-order valence-corrected chi connectivity index (χ4v) is 4.84. The summed E-state index contributed by atoms with van der Waals surface area (Å²) in [5.74, 6) is 1.90. The zero-order chi connectivity index (χ0) is 14.4. The lowest BCUT2D eigenvalue weighted by Crippen LogP contribution is -2.53. The van der Waals surface area contributed by atoms with Crippen LogP contribution in [0.15, 0.2) is 11.6 Å². The summed E-state index contributed by atoms with van der Waals surface area (Å²) in [6.07, 6.45) is 6.01. The molecule has 114 valence electrons. The van der Waals surface area contributed by atoms with Crippen molar-refractivity contribution in [2.75, 3.05) is 31.6 Å². The van der Waals surface area contributed by atoms with E-state index in [1.165, 1.54) is 25.8 Å². The highest BCUT2D eigenvalue weighted by Crippen LogP contribution is 2.33. The first-order valence-electron chi connectivity index (χ1n) is 7.87. The van der Waals surface area contributed by atoms with Crippen LogP contribution in [0, 0.1) is 5.92 Å².